The third-order valence-electron chi connectivity index (χ3n) is 2.70. The molecule has 1 unspecified atom stereocenters. The van der Waals surface area contributed by atoms with Crippen molar-refractivity contribution in [2.75, 3.05) is 0 Å². The molecule has 1 atom stereocenters. The van der Waals surface area contributed by atoms with Crippen LogP contribution in [0.4, 0.5) is 0 Å². The van der Waals surface area contributed by atoms with E-state index in [1.807, 2.05) is 12.2 Å². The van der Waals surface area contributed by atoms with Crippen molar-refractivity contribution < 1.29 is 18.6 Å². The first kappa shape index (κ1) is 15.0. The predicted octanol–water partition coefficient (Wildman–Crippen LogP) is 2.01. The fourth-order valence-corrected chi connectivity index (χ4v) is 3.47. The van der Waals surface area contributed by atoms with Gasteiger partial charge in [-0.25, -0.2) is 0 Å². The van der Waals surface area contributed by atoms with Crippen molar-refractivity contribution in [3.05, 3.63) is 24.4 Å². The van der Waals surface area contributed by atoms with Gasteiger partial charge in [-0.2, -0.15) is 5.01 Å². The van der Waals surface area contributed by atoms with E-state index in [-0.39, 0.29) is 36.0 Å². The van der Waals surface area contributed by atoms with Gasteiger partial charge in [0.1, 0.15) is 16.4 Å². The minimum atomic E-state index is -0.308. The van der Waals surface area contributed by atoms with Crippen molar-refractivity contribution in [3.8, 4) is 0 Å². The monoisotopic (exact) mass is 314 g/mol. The number of carbonyl (C=O) groups excluding carboxylic acids is 3. The molecule has 1 fully saturated rings. The fourth-order valence-electron chi connectivity index (χ4n) is 1.71. The zero-order valence-electron chi connectivity index (χ0n) is 10.9. The summed E-state index contributed by atoms with van der Waals surface area (Å²) < 4.78 is 4.93. The lowest BCUT2D eigenvalue weighted by Gasteiger charge is -2.34. The first-order valence-corrected chi connectivity index (χ1v) is 8.29. The minimum absolute atomic E-state index is 0.212. The molecular formula is C12H14N2O4S2. The van der Waals surface area contributed by atoms with Crippen LogP contribution in [0.1, 0.15) is 26.2 Å². The lowest BCUT2D eigenvalue weighted by molar-refractivity contribution is -0.153. The van der Waals surface area contributed by atoms with E-state index >= 15 is 0 Å². The van der Waals surface area contributed by atoms with Crippen LogP contribution in [-0.4, -0.2) is 33.2 Å². The molecule has 0 aromatic heterocycles. The van der Waals surface area contributed by atoms with E-state index in [4.69, 9.17) is 4.18 Å². The molecule has 0 aliphatic carbocycles. The number of nitrogens with zero attached hydrogens (tertiary/aromatic N) is 2. The van der Waals surface area contributed by atoms with Crippen molar-refractivity contribution in [1.82, 2.24) is 10.0 Å². The van der Waals surface area contributed by atoms with Crippen molar-refractivity contribution in [2.45, 2.75) is 31.6 Å². The molecule has 6 nitrogen and oxygen atoms in total. The predicted molar refractivity (Wildman–Crippen MR) is 76.6 cm³/mol. The molecule has 2 heterocycles. The quantitative estimate of drug-likeness (QED) is 0.437. The molecule has 2 rings (SSSR count). The number of hydrogen-bond donors (Lipinski definition) is 0. The standard InChI is InChI=1S/C12H14N2O4S2/c1-2-12(17)18-20-19-11-5-3-4-8-13(11)14-9(15)6-7-10(14)16/h3-5,8,11H,2,6-7H2,1H3. The SMILES string of the molecule is CCC(=O)OSSC1C=CC=CN1N1C(=O)CCC1=O. The molecule has 2 aliphatic heterocycles. The Morgan fingerprint density at radius 2 is 2.05 bits per heavy atom. The van der Waals surface area contributed by atoms with Gasteiger partial charge >= 0.3 is 5.97 Å². The van der Waals surface area contributed by atoms with Crippen molar-refractivity contribution in [3.63, 3.8) is 0 Å². The Morgan fingerprint density at radius 1 is 1.35 bits per heavy atom. The summed E-state index contributed by atoms with van der Waals surface area (Å²) in [6.07, 6.45) is 7.85. The van der Waals surface area contributed by atoms with Gasteiger partial charge in [-0.15, -0.1) is 0 Å². The first-order valence-electron chi connectivity index (χ1n) is 6.15. The molecule has 8 heteroatoms. The Kier molecular flexibility index (Phi) is 5.13. The second-order valence-corrected chi connectivity index (χ2v) is 6.03. The van der Waals surface area contributed by atoms with Gasteiger partial charge in [0, 0.05) is 25.5 Å². The summed E-state index contributed by atoms with van der Waals surface area (Å²) in [6.45, 7) is 1.71. The van der Waals surface area contributed by atoms with E-state index in [1.165, 1.54) is 10.8 Å². The third kappa shape index (κ3) is 3.37. The van der Waals surface area contributed by atoms with Gasteiger partial charge in [-0.1, -0.05) is 13.0 Å². The molecule has 0 bridgehead atoms. The Hall–Kier alpha value is -1.41. The van der Waals surface area contributed by atoms with Gasteiger partial charge in [0.05, 0.1) is 0 Å². The summed E-state index contributed by atoms with van der Waals surface area (Å²) in [5.74, 6) is -0.732. The Labute approximate surface area is 124 Å². The van der Waals surface area contributed by atoms with Crippen LogP contribution in [0.25, 0.3) is 0 Å². The zero-order valence-corrected chi connectivity index (χ0v) is 12.5. The number of amides is 2. The Morgan fingerprint density at radius 3 is 2.70 bits per heavy atom. The molecule has 0 spiro atoms. The van der Waals surface area contributed by atoms with Gasteiger partial charge in [0.15, 0.2) is 0 Å². The first-order chi connectivity index (χ1) is 9.63. The summed E-state index contributed by atoms with van der Waals surface area (Å²) in [4.78, 5) is 34.6. The number of rotatable bonds is 5. The smallest absolute Gasteiger partial charge is 0.318 e. The van der Waals surface area contributed by atoms with E-state index in [0.717, 1.165) is 16.1 Å². The number of imide groups is 1. The van der Waals surface area contributed by atoms with Crippen LogP contribution < -0.4 is 0 Å². The topological polar surface area (TPSA) is 66.9 Å². The molecule has 0 radical (unpaired) electrons. The van der Waals surface area contributed by atoms with Gasteiger partial charge in [-0.05, 0) is 22.9 Å². The van der Waals surface area contributed by atoms with Crippen LogP contribution in [0.5, 0.6) is 0 Å². The van der Waals surface area contributed by atoms with E-state index < -0.39 is 0 Å². The molecule has 2 amide bonds. The van der Waals surface area contributed by atoms with Gasteiger partial charge in [0.25, 0.3) is 0 Å². The van der Waals surface area contributed by atoms with Crippen LogP contribution in [-0.2, 0) is 18.6 Å². The summed E-state index contributed by atoms with van der Waals surface area (Å²) >= 11 is 0.949. The third-order valence-corrected chi connectivity index (χ3v) is 4.63. The molecule has 0 N–H and O–H groups in total. The molecule has 108 valence electrons. The molecule has 1 saturated heterocycles. The average molecular weight is 314 g/mol. The molecule has 2 aliphatic rings. The number of hydrogen-bond acceptors (Lipinski definition) is 7. The second kappa shape index (κ2) is 6.85. The highest BCUT2D eigenvalue weighted by atomic mass is 33.1. The van der Waals surface area contributed by atoms with Crippen LogP contribution in [0.15, 0.2) is 24.4 Å². The maximum atomic E-state index is 11.8. The van der Waals surface area contributed by atoms with Crippen LogP contribution in [0.3, 0.4) is 0 Å². The maximum Gasteiger partial charge on any atom is 0.318 e. The second-order valence-electron chi connectivity index (χ2n) is 4.07. The molecule has 0 aromatic rings. The summed E-state index contributed by atoms with van der Waals surface area (Å²) in [5.41, 5.74) is 0. The molecular weight excluding hydrogens is 300 g/mol. The Balaban J connectivity index is 1.98. The Bertz CT molecular complexity index is 462. The van der Waals surface area contributed by atoms with E-state index in [9.17, 15) is 14.4 Å². The van der Waals surface area contributed by atoms with Crippen LogP contribution >= 0.6 is 21.9 Å². The van der Waals surface area contributed by atoms with Gasteiger partial charge < -0.3 is 4.18 Å². The van der Waals surface area contributed by atoms with Crippen molar-refractivity contribution in [1.29, 1.82) is 0 Å². The highest BCUT2D eigenvalue weighted by Crippen LogP contribution is 2.34. The zero-order chi connectivity index (χ0) is 14.5. The highest BCUT2D eigenvalue weighted by Gasteiger charge is 2.36. The van der Waals surface area contributed by atoms with Crippen LogP contribution in [0.2, 0.25) is 0 Å². The summed E-state index contributed by atoms with van der Waals surface area (Å²) in [6, 6.07) is 0. The minimum Gasteiger partial charge on any atom is -0.379 e. The maximum absolute atomic E-state index is 11.8. The van der Waals surface area contributed by atoms with Gasteiger partial charge in [-0.3, -0.25) is 19.4 Å². The molecule has 20 heavy (non-hydrogen) atoms. The van der Waals surface area contributed by atoms with E-state index in [2.05, 4.69) is 0 Å². The van der Waals surface area contributed by atoms with E-state index in [0.29, 0.717) is 6.42 Å². The normalized spacial score (nSPS) is 21.8. The number of carbonyl (C=O) groups is 3. The van der Waals surface area contributed by atoms with Gasteiger partial charge in [0.2, 0.25) is 11.8 Å². The summed E-state index contributed by atoms with van der Waals surface area (Å²) in [5, 5.41) is 2.44. The highest BCUT2D eigenvalue weighted by molar-refractivity contribution is 8.75. The lowest BCUT2D eigenvalue weighted by Crippen LogP contribution is -2.47. The average Bonchev–Trinajstić information content (AvgIpc) is 2.78. The van der Waals surface area contributed by atoms with E-state index in [1.54, 1.807) is 24.2 Å². The number of hydrazine groups is 1. The molecule has 0 aromatic carbocycles. The summed E-state index contributed by atoms with van der Waals surface area (Å²) in [7, 11) is 1.26. The van der Waals surface area contributed by atoms with Crippen molar-refractivity contribution in [2.24, 2.45) is 0 Å². The van der Waals surface area contributed by atoms with Crippen LogP contribution in [0, 0.1) is 0 Å². The molecule has 0 saturated carbocycles. The number of allylic oxidation sites excluding steroid dienone is 2. The largest absolute Gasteiger partial charge is 0.379 e. The lowest BCUT2D eigenvalue weighted by atomic mass is 10.4. The van der Waals surface area contributed by atoms with Crippen molar-refractivity contribution >= 4 is 39.7 Å². The fraction of sp³-hybridized carbons (Fsp3) is 0.417.